The molecule has 0 saturated carbocycles. The number of rotatable bonds is 13. The average Bonchev–Trinajstić information content (AvgIpc) is 3.37. The number of aromatic nitrogens is 4. The van der Waals surface area contributed by atoms with Crippen LogP contribution in [0.3, 0.4) is 0 Å². The maximum absolute atomic E-state index is 13.4. The summed E-state index contributed by atoms with van der Waals surface area (Å²) in [5, 5.41) is 4.61. The van der Waals surface area contributed by atoms with E-state index in [1.165, 1.54) is 19.2 Å². The number of halogens is 1. The summed E-state index contributed by atoms with van der Waals surface area (Å²) in [4.78, 5) is 20.8. The van der Waals surface area contributed by atoms with Crippen molar-refractivity contribution in [1.82, 2.24) is 19.7 Å². The third kappa shape index (κ3) is 8.21. The first-order valence-electron chi connectivity index (χ1n) is 13.4. The summed E-state index contributed by atoms with van der Waals surface area (Å²) in [6.07, 6.45) is 1.72. The van der Waals surface area contributed by atoms with Crippen LogP contribution in [-0.4, -0.2) is 54.8 Å². The van der Waals surface area contributed by atoms with Crippen LogP contribution in [0.25, 0.3) is 22.5 Å². The zero-order chi connectivity index (χ0) is 29.4. The molecule has 2 aromatic heterocycles. The van der Waals surface area contributed by atoms with Crippen LogP contribution in [0.5, 0.6) is 17.6 Å². The van der Waals surface area contributed by atoms with Crippen LogP contribution >= 0.6 is 0 Å². The van der Waals surface area contributed by atoms with Gasteiger partial charge in [-0.3, -0.25) is 4.79 Å². The van der Waals surface area contributed by atoms with E-state index in [4.69, 9.17) is 18.9 Å². The molecule has 0 atom stereocenters. The number of carbonyl (C=O) groups excluding carboxylic acids is 1. The zero-order valence-corrected chi connectivity index (χ0v) is 25.1. The van der Waals surface area contributed by atoms with Crippen LogP contribution in [0.1, 0.15) is 13.8 Å². The second-order valence-electron chi connectivity index (χ2n) is 10.6. The van der Waals surface area contributed by atoms with Gasteiger partial charge in [-0.25, -0.2) is 9.37 Å². The van der Waals surface area contributed by atoms with Gasteiger partial charge in [0.1, 0.15) is 24.9 Å². The molecule has 0 aliphatic heterocycles. The van der Waals surface area contributed by atoms with Gasteiger partial charge in [-0.1, -0.05) is 37.4 Å². The Morgan fingerprint density at radius 3 is 2.29 bits per heavy atom. The predicted octanol–water partition coefficient (Wildman–Crippen LogP) is 5.98. The first-order valence-corrected chi connectivity index (χ1v) is 16.5. The predicted molar refractivity (Wildman–Crippen MR) is 156 cm³/mol. The number of esters is 1. The molecule has 0 spiro atoms. The van der Waals surface area contributed by atoms with Gasteiger partial charge in [0.25, 0.3) is 0 Å². The SMILES string of the molecule is COC(=O)C(C)(C)COc1ccc(-c2ccc(-c3nc(Oc4ccc(F)cc4)n(COCC[SiH](C)C)n3)cc2)cn1. The molecule has 11 heteroatoms. The smallest absolute Gasteiger partial charge is 0.323 e. The molecular weight excluding hydrogens is 543 g/mol. The lowest BCUT2D eigenvalue weighted by molar-refractivity contribution is -0.152. The average molecular weight is 579 g/mol. The number of hydrogen-bond donors (Lipinski definition) is 0. The van der Waals surface area contributed by atoms with Crippen molar-refractivity contribution in [2.45, 2.75) is 39.7 Å². The van der Waals surface area contributed by atoms with E-state index >= 15 is 0 Å². The Morgan fingerprint density at radius 1 is 0.976 bits per heavy atom. The molecule has 0 fully saturated rings. The molecule has 0 unspecified atom stereocenters. The van der Waals surface area contributed by atoms with Crippen molar-refractivity contribution in [2.75, 3.05) is 20.3 Å². The van der Waals surface area contributed by atoms with Crippen LogP contribution < -0.4 is 9.47 Å². The number of pyridine rings is 1. The lowest BCUT2D eigenvalue weighted by Gasteiger charge is -2.21. The Morgan fingerprint density at radius 2 is 1.66 bits per heavy atom. The van der Waals surface area contributed by atoms with Gasteiger partial charge >= 0.3 is 12.0 Å². The van der Waals surface area contributed by atoms with Gasteiger partial charge in [0.2, 0.25) is 5.88 Å². The van der Waals surface area contributed by atoms with Gasteiger partial charge in [0, 0.05) is 38.8 Å². The van der Waals surface area contributed by atoms with Crippen molar-refractivity contribution in [1.29, 1.82) is 0 Å². The highest BCUT2D eigenvalue weighted by atomic mass is 28.3. The first kappa shape index (κ1) is 29.9. The van der Waals surface area contributed by atoms with Crippen molar-refractivity contribution in [3.63, 3.8) is 0 Å². The van der Waals surface area contributed by atoms with E-state index in [2.05, 4.69) is 28.2 Å². The number of methoxy groups -OCH3 is 1. The molecule has 0 aliphatic carbocycles. The first-order chi connectivity index (χ1) is 19.6. The van der Waals surface area contributed by atoms with Crippen LogP contribution in [0.15, 0.2) is 66.9 Å². The molecule has 0 radical (unpaired) electrons. The lowest BCUT2D eigenvalue weighted by Crippen LogP contribution is -2.32. The fourth-order valence-corrected chi connectivity index (χ4v) is 4.36. The van der Waals surface area contributed by atoms with E-state index < -0.39 is 14.2 Å². The molecular formula is C30H35FN4O5Si. The number of nitrogens with zero attached hydrogens (tertiary/aromatic N) is 4. The van der Waals surface area contributed by atoms with Gasteiger partial charge in [0.05, 0.1) is 12.5 Å². The number of benzene rings is 2. The third-order valence-corrected chi connectivity index (χ3v) is 7.64. The summed E-state index contributed by atoms with van der Waals surface area (Å²) in [5.74, 6) is 0.656. The van der Waals surface area contributed by atoms with Crippen molar-refractivity contribution in [3.05, 3.63) is 72.7 Å². The molecule has 0 saturated heterocycles. The maximum Gasteiger partial charge on any atom is 0.323 e. The van der Waals surface area contributed by atoms with E-state index in [0.29, 0.717) is 24.1 Å². The highest BCUT2D eigenvalue weighted by Gasteiger charge is 2.30. The molecule has 0 N–H and O–H groups in total. The summed E-state index contributed by atoms with van der Waals surface area (Å²) >= 11 is 0. The zero-order valence-electron chi connectivity index (χ0n) is 24.0. The van der Waals surface area contributed by atoms with E-state index in [0.717, 1.165) is 22.7 Å². The number of hydrogen-bond acceptors (Lipinski definition) is 8. The van der Waals surface area contributed by atoms with Crippen LogP contribution in [-0.2, 0) is 21.0 Å². The number of ether oxygens (including phenoxy) is 4. The molecule has 2 heterocycles. The van der Waals surface area contributed by atoms with E-state index in [-0.39, 0.29) is 31.1 Å². The standard InChI is InChI=1S/C30H35FN4O5Si/c1-30(2,28(36)37-3)19-39-26-15-10-23(18-32-26)21-6-8-22(9-7-21)27-33-29(40-25-13-11-24(31)12-14-25)35(34-27)20-38-16-17-41(4)5/h6-15,18,41H,16-17,19-20H2,1-5H3. The summed E-state index contributed by atoms with van der Waals surface area (Å²) < 4.78 is 37.2. The number of carbonyl (C=O) groups is 1. The van der Waals surface area contributed by atoms with Gasteiger partial charge in [-0.2, -0.15) is 9.67 Å². The minimum Gasteiger partial charge on any atom is -0.476 e. The topological polar surface area (TPSA) is 97.6 Å². The Kier molecular flexibility index (Phi) is 9.85. The fourth-order valence-electron chi connectivity index (χ4n) is 3.73. The van der Waals surface area contributed by atoms with E-state index in [1.807, 2.05) is 30.3 Å². The highest BCUT2D eigenvalue weighted by Crippen LogP contribution is 2.27. The maximum atomic E-state index is 13.4. The molecule has 4 aromatic rings. The van der Waals surface area contributed by atoms with E-state index in [9.17, 15) is 9.18 Å². The quantitative estimate of drug-likeness (QED) is 0.109. The van der Waals surface area contributed by atoms with Crippen LogP contribution in [0.2, 0.25) is 19.1 Å². The third-order valence-electron chi connectivity index (χ3n) is 6.25. The van der Waals surface area contributed by atoms with Gasteiger partial charge < -0.3 is 18.9 Å². The summed E-state index contributed by atoms with van der Waals surface area (Å²) in [6.45, 7) is 9.05. The normalized spacial score (nSPS) is 11.5. The van der Waals surface area contributed by atoms with Crippen molar-refractivity contribution < 1.29 is 28.1 Å². The summed E-state index contributed by atoms with van der Waals surface area (Å²) in [7, 11) is 0.628. The fraction of sp³-hybridized carbons (Fsp3) is 0.333. The highest BCUT2D eigenvalue weighted by molar-refractivity contribution is 6.55. The summed E-state index contributed by atoms with van der Waals surface area (Å²) in [6, 6.07) is 18.5. The van der Waals surface area contributed by atoms with Crippen molar-refractivity contribution in [3.8, 4) is 40.2 Å². The van der Waals surface area contributed by atoms with Crippen molar-refractivity contribution >= 4 is 14.8 Å². The minimum absolute atomic E-state index is 0.151. The molecule has 2 aromatic carbocycles. The Labute approximate surface area is 240 Å². The van der Waals surface area contributed by atoms with Gasteiger partial charge in [-0.15, -0.1) is 5.10 Å². The molecule has 0 bridgehead atoms. The Bertz CT molecular complexity index is 1430. The molecule has 9 nitrogen and oxygen atoms in total. The molecule has 4 rings (SSSR count). The van der Waals surface area contributed by atoms with Gasteiger partial charge in [0.15, 0.2) is 5.82 Å². The van der Waals surface area contributed by atoms with Crippen molar-refractivity contribution in [2.24, 2.45) is 5.41 Å². The van der Waals surface area contributed by atoms with E-state index in [1.54, 1.807) is 42.9 Å². The molecule has 0 amide bonds. The second kappa shape index (κ2) is 13.5. The summed E-state index contributed by atoms with van der Waals surface area (Å²) in [5.41, 5.74) is 1.87. The van der Waals surface area contributed by atoms with Gasteiger partial charge in [-0.05, 0) is 55.8 Å². The monoisotopic (exact) mass is 578 g/mol. The van der Waals surface area contributed by atoms with Crippen LogP contribution in [0.4, 0.5) is 4.39 Å². The van der Waals surface area contributed by atoms with Crippen LogP contribution in [0, 0.1) is 11.2 Å². The Balaban J connectivity index is 1.47. The lowest BCUT2D eigenvalue weighted by atomic mass is 9.95. The molecule has 0 aliphatic rings. The molecule has 216 valence electrons. The largest absolute Gasteiger partial charge is 0.476 e. The minimum atomic E-state index is -0.780. The Hall–Kier alpha value is -4.09. The molecule has 41 heavy (non-hydrogen) atoms. The second-order valence-corrected chi connectivity index (χ2v) is 14.0.